The quantitative estimate of drug-likeness (QED) is 0.432. The van der Waals surface area contributed by atoms with E-state index in [4.69, 9.17) is 9.26 Å². The number of hydrogen-bond acceptors (Lipinski definition) is 7. The van der Waals surface area contributed by atoms with Crippen molar-refractivity contribution in [3.8, 4) is 27.9 Å². The summed E-state index contributed by atoms with van der Waals surface area (Å²) in [7, 11) is 1.61. The summed E-state index contributed by atoms with van der Waals surface area (Å²) >= 11 is 1.52. The Labute approximate surface area is 200 Å². The average Bonchev–Trinajstić information content (AvgIpc) is 3.64. The molecule has 34 heavy (non-hydrogen) atoms. The number of carbonyl (C=O) groups excluding carboxylic acids is 2. The molecule has 1 atom stereocenters. The van der Waals surface area contributed by atoms with Crippen molar-refractivity contribution >= 4 is 28.8 Å². The molecule has 2 aromatic heterocycles. The Hall–Kier alpha value is -3.98. The summed E-state index contributed by atoms with van der Waals surface area (Å²) in [6.07, 6.45) is 0.170. The van der Waals surface area contributed by atoms with Gasteiger partial charge in [0.25, 0.3) is 5.89 Å². The minimum Gasteiger partial charge on any atom is -0.497 e. The first-order valence-electron chi connectivity index (χ1n) is 10.8. The maximum Gasteiger partial charge on any atom is 0.268 e. The molecule has 8 nitrogen and oxygen atoms in total. The molecule has 1 aliphatic heterocycles. The number of carbonyl (C=O) groups is 2. The van der Waals surface area contributed by atoms with E-state index in [9.17, 15) is 9.59 Å². The first-order valence-corrected chi connectivity index (χ1v) is 11.7. The lowest BCUT2D eigenvalue weighted by atomic mass is 10.1. The van der Waals surface area contributed by atoms with Gasteiger partial charge in [0, 0.05) is 30.8 Å². The van der Waals surface area contributed by atoms with Crippen LogP contribution in [-0.2, 0) is 16.1 Å². The molecule has 5 rings (SSSR count). The maximum absolute atomic E-state index is 12.7. The number of ether oxygens (including phenoxy) is 1. The van der Waals surface area contributed by atoms with Crippen molar-refractivity contribution in [1.29, 1.82) is 0 Å². The highest BCUT2D eigenvalue weighted by Crippen LogP contribution is 2.30. The van der Waals surface area contributed by atoms with Crippen LogP contribution >= 0.6 is 11.3 Å². The zero-order chi connectivity index (χ0) is 23.5. The van der Waals surface area contributed by atoms with Crippen LogP contribution < -0.4 is 15.0 Å². The van der Waals surface area contributed by atoms with E-state index in [0.717, 1.165) is 21.8 Å². The Balaban J connectivity index is 1.25. The number of rotatable bonds is 7. The summed E-state index contributed by atoms with van der Waals surface area (Å²) in [5.41, 5.74) is 2.41. The summed E-state index contributed by atoms with van der Waals surface area (Å²) in [4.78, 5) is 32.5. The number of thiophene rings is 1. The van der Waals surface area contributed by atoms with Crippen molar-refractivity contribution in [1.82, 2.24) is 15.5 Å². The molecule has 0 aliphatic carbocycles. The van der Waals surface area contributed by atoms with Gasteiger partial charge in [-0.3, -0.25) is 9.59 Å². The minimum absolute atomic E-state index is 0.0888. The third-order valence-corrected chi connectivity index (χ3v) is 6.55. The molecule has 4 aromatic rings. The Morgan fingerprint density at radius 1 is 1.21 bits per heavy atom. The highest BCUT2D eigenvalue weighted by Gasteiger charge is 2.35. The number of amides is 2. The Kier molecular flexibility index (Phi) is 6.09. The van der Waals surface area contributed by atoms with Crippen LogP contribution in [0.5, 0.6) is 5.75 Å². The molecule has 1 N–H and O–H groups in total. The second-order valence-corrected chi connectivity index (χ2v) is 8.87. The van der Waals surface area contributed by atoms with Gasteiger partial charge in [0.1, 0.15) is 5.75 Å². The molecule has 3 heterocycles. The molecule has 1 aliphatic rings. The number of anilines is 1. The van der Waals surface area contributed by atoms with Crippen LogP contribution in [0, 0.1) is 5.92 Å². The van der Waals surface area contributed by atoms with Gasteiger partial charge in [-0.2, -0.15) is 4.98 Å². The fourth-order valence-corrected chi connectivity index (χ4v) is 4.51. The number of hydrogen-bond donors (Lipinski definition) is 1. The first kappa shape index (κ1) is 21.8. The van der Waals surface area contributed by atoms with Gasteiger partial charge < -0.3 is 19.5 Å². The lowest BCUT2D eigenvalue weighted by molar-refractivity contribution is -0.126. The van der Waals surface area contributed by atoms with Gasteiger partial charge in [-0.25, -0.2) is 0 Å². The minimum atomic E-state index is -0.412. The standard InChI is InChI=1S/C25H22N4O4S/c1-32-20-9-7-16(8-10-20)14-26-24(31)18-13-22(30)29(15-18)19-5-2-4-17(12-19)23-27-25(33-28-23)21-6-3-11-34-21/h2-12,18H,13-15H2,1H3,(H,26,31)/t18-/m1/s1. The van der Waals surface area contributed by atoms with Crippen molar-refractivity contribution in [3.63, 3.8) is 0 Å². The van der Waals surface area contributed by atoms with Crippen LogP contribution in [0.2, 0.25) is 0 Å². The molecule has 2 amide bonds. The van der Waals surface area contributed by atoms with E-state index in [1.54, 1.807) is 12.0 Å². The predicted octanol–water partition coefficient (Wildman–Crippen LogP) is 4.14. The normalized spacial score (nSPS) is 15.5. The van der Waals surface area contributed by atoms with Gasteiger partial charge in [0.2, 0.25) is 17.6 Å². The third-order valence-electron chi connectivity index (χ3n) is 5.70. The molecule has 0 spiro atoms. The molecule has 172 valence electrons. The van der Waals surface area contributed by atoms with Crippen molar-refractivity contribution in [2.24, 2.45) is 5.92 Å². The molecular formula is C25H22N4O4S. The maximum atomic E-state index is 12.7. The Bertz CT molecular complexity index is 1300. The van der Waals surface area contributed by atoms with Gasteiger partial charge in [-0.15, -0.1) is 11.3 Å². The smallest absolute Gasteiger partial charge is 0.268 e. The van der Waals surface area contributed by atoms with Crippen LogP contribution in [0.3, 0.4) is 0 Å². The summed E-state index contributed by atoms with van der Waals surface area (Å²) in [6, 6.07) is 18.7. The van der Waals surface area contributed by atoms with Gasteiger partial charge in [0.05, 0.1) is 17.9 Å². The number of nitrogens with zero attached hydrogens (tertiary/aromatic N) is 3. The second kappa shape index (κ2) is 9.48. The summed E-state index contributed by atoms with van der Waals surface area (Å²) in [6.45, 7) is 0.719. The Morgan fingerprint density at radius 2 is 2.06 bits per heavy atom. The van der Waals surface area contributed by atoms with E-state index in [2.05, 4.69) is 15.5 Å². The van der Waals surface area contributed by atoms with Gasteiger partial charge in [-0.1, -0.05) is 35.5 Å². The van der Waals surface area contributed by atoms with Gasteiger partial charge in [-0.05, 0) is 41.3 Å². The molecule has 2 aromatic carbocycles. The summed E-state index contributed by atoms with van der Waals surface area (Å²) < 4.78 is 10.5. The predicted molar refractivity (Wildman–Crippen MR) is 128 cm³/mol. The number of nitrogens with one attached hydrogen (secondary N) is 1. The van der Waals surface area contributed by atoms with E-state index in [0.29, 0.717) is 30.5 Å². The van der Waals surface area contributed by atoms with E-state index in [1.807, 2.05) is 66.0 Å². The average molecular weight is 475 g/mol. The molecule has 0 saturated carbocycles. The lowest BCUT2D eigenvalue weighted by Crippen LogP contribution is -2.32. The van der Waals surface area contributed by atoms with Crippen molar-refractivity contribution < 1.29 is 18.8 Å². The van der Waals surface area contributed by atoms with Gasteiger partial charge >= 0.3 is 0 Å². The summed E-state index contributed by atoms with van der Waals surface area (Å²) in [5.74, 6) is 1.03. The molecule has 1 saturated heterocycles. The SMILES string of the molecule is COc1ccc(CNC(=O)[C@@H]2CC(=O)N(c3cccc(-c4noc(-c5cccs5)n4)c3)C2)cc1. The third kappa shape index (κ3) is 4.55. The van der Waals surface area contributed by atoms with Crippen LogP contribution in [0.1, 0.15) is 12.0 Å². The highest BCUT2D eigenvalue weighted by atomic mass is 32.1. The molecule has 9 heteroatoms. The fraction of sp³-hybridized carbons (Fsp3) is 0.200. The topological polar surface area (TPSA) is 97.6 Å². The number of methoxy groups -OCH3 is 1. The van der Waals surface area contributed by atoms with E-state index < -0.39 is 5.92 Å². The zero-order valence-corrected chi connectivity index (χ0v) is 19.2. The number of benzene rings is 2. The van der Waals surface area contributed by atoms with Crippen LogP contribution in [0.15, 0.2) is 70.6 Å². The molecule has 0 bridgehead atoms. The van der Waals surface area contributed by atoms with Crippen LogP contribution in [0.25, 0.3) is 22.2 Å². The lowest BCUT2D eigenvalue weighted by Gasteiger charge is -2.17. The van der Waals surface area contributed by atoms with Crippen molar-refractivity contribution in [2.45, 2.75) is 13.0 Å². The molecule has 0 radical (unpaired) electrons. The van der Waals surface area contributed by atoms with Gasteiger partial charge in [0.15, 0.2) is 0 Å². The van der Waals surface area contributed by atoms with E-state index >= 15 is 0 Å². The fourth-order valence-electron chi connectivity index (χ4n) is 3.86. The van der Waals surface area contributed by atoms with Crippen molar-refractivity contribution in [3.05, 3.63) is 71.6 Å². The molecule has 1 fully saturated rings. The van der Waals surface area contributed by atoms with Crippen molar-refractivity contribution in [2.75, 3.05) is 18.6 Å². The monoisotopic (exact) mass is 474 g/mol. The first-order chi connectivity index (χ1) is 16.6. The molecular weight excluding hydrogens is 452 g/mol. The summed E-state index contributed by atoms with van der Waals surface area (Å²) in [5, 5.41) is 8.96. The largest absolute Gasteiger partial charge is 0.497 e. The van der Waals surface area contributed by atoms with E-state index in [1.165, 1.54) is 11.3 Å². The second-order valence-electron chi connectivity index (χ2n) is 7.92. The zero-order valence-electron chi connectivity index (χ0n) is 18.4. The van der Waals surface area contributed by atoms with E-state index in [-0.39, 0.29) is 18.2 Å². The van der Waals surface area contributed by atoms with Crippen LogP contribution in [0.4, 0.5) is 5.69 Å². The highest BCUT2D eigenvalue weighted by molar-refractivity contribution is 7.13. The number of aromatic nitrogens is 2. The molecule has 0 unspecified atom stereocenters. The Morgan fingerprint density at radius 3 is 2.82 bits per heavy atom. The van der Waals surface area contributed by atoms with Crippen LogP contribution in [-0.4, -0.2) is 35.6 Å².